The van der Waals surface area contributed by atoms with E-state index in [2.05, 4.69) is 55.6 Å². The molecule has 0 saturated heterocycles. The summed E-state index contributed by atoms with van der Waals surface area (Å²) >= 11 is 4.16. The molecule has 1 unspecified atom stereocenters. The number of fused-ring (bicyclic) bond motifs is 1. The summed E-state index contributed by atoms with van der Waals surface area (Å²) < 4.78 is 3.11. The number of hydrogen-bond acceptors (Lipinski definition) is 2. The molecule has 0 bridgehead atoms. The Morgan fingerprint density at radius 1 is 0.852 bits per heavy atom. The number of thiophene rings is 2. The van der Waals surface area contributed by atoms with Crippen LogP contribution in [0.25, 0.3) is 9.40 Å². The summed E-state index contributed by atoms with van der Waals surface area (Å²) in [6.45, 7) is 7.12. The SMILES string of the molecule is CCCCCCCc1cc2sc(C(C)C3CCC(CCCC)CC3)cc2s1. The standard InChI is InChI=1S/C25H40S2/c1-4-6-8-9-10-12-22-17-24-25(26-22)18-23(27-24)19(3)21-15-13-20(14-16-21)11-7-5-2/h17-21H,4-16H2,1-3H3. The smallest absolute Gasteiger partial charge is 0.0456 e. The fourth-order valence-electron chi connectivity index (χ4n) is 4.86. The van der Waals surface area contributed by atoms with Crippen LogP contribution in [0.3, 0.4) is 0 Å². The van der Waals surface area contributed by atoms with Crippen molar-refractivity contribution in [2.75, 3.05) is 0 Å². The van der Waals surface area contributed by atoms with Crippen molar-refractivity contribution in [3.05, 3.63) is 21.9 Å². The molecule has 0 aromatic carbocycles. The first-order valence-electron chi connectivity index (χ1n) is 11.7. The van der Waals surface area contributed by atoms with E-state index in [0.717, 1.165) is 17.8 Å². The van der Waals surface area contributed by atoms with Crippen LogP contribution in [-0.2, 0) is 6.42 Å². The van der Waals surface area contributed by atoms with E-state index in [-0.39, 0.29) is 0 Å². The van der Waals surface area contributed by atoms with E-state index in [9.17, 15) is 0 Å². The molecule has 0 N–H and O–H groups in total. The van der Waals surface area contributed by atoms with Gasteiger partial charge in [-0.2, -0.15) is 0 Å². The maximum absolute atomic E-state index is 2.54. The van der Waals surface area contributed by atoms with Gasteiger partial charge in [-0.1, -0.05) is 78.6 Å². The number of unbranched alkanes of at least 4 members (excludes halogenated alkanes) is 5. The topological polar surface area (TPSA) is 0 Å². The van der Waals surface area contributed by atoms with Crippen molar-refractivity contribution < 1.29 is 0 Å². The zero-order chi connectivity index (χ0) is 19.1. The molecule has 3 rings (SSSR count). The molecule has 2 aromatic rings. The Morgan fingerprint density at radius 2 is 1.56 bits per heavy atom. The fraction of sp³-hybridized carbons (Fsp3) is 0.760. The predicted molar refractivity (Wildman–Crippen MR) is 126 cm³/mol. The summed E-state index contributed by atoms with van der Waals surface area (Å²) in [6, 6.07) is 5.04. The van der Waals surface area contributed by atoms with Crippen molar-refractivity contribution in [3.63, 3.8) is 0 Å². The normalized spacial score (nSPS) is 21.7. The van der Waals surface area contributed by atoms with E-state index in [0.29, 0.717) is 0 Å². The molecule has 1 saturated carbocycles. The van der Waals surface area contributed by atoms with Gasteiger partial charge in [0.15, 0.2) is 0 Å². The molecule has 152 valence electrons. The number of aryl methyl sites for hydroxylation is 1. The molecule has 0 amide bonds. The second-order valence-corrected chi connectivity index (χ2v) is 11.2. The van der Waals surface area contributed by atoms with E-state index < -0.39 is 0 Å². The summed E-state index contributed by atoms with van der Waals surface area (Å²) in [4.78, 5) is 3.27. The lowest BCUT2D eigenvalue weighted by molar-refractivity contribution is 0.238. The van der Waals surface area contributed by atoms with Crippen molar-refractivity contribution >= 4 is 32.1 Å². The first-order chi connectivity index (χ1) is 13.2. The van der Waals surface area contributed by atoms with Crippen LogP contribution < -0.4 is 0 Å². The molecular formula is C25H40S2. The largest absolute Gasteiger partial charge is 0.139 e. The summed E-state index contributed by atoms with van der Waals surface area (Å²) in [5, 5.41) is 0. The van der Waals surface area contributed by atoms with Crippen LogP contribution in [0, 0.1) is 11.8 Å². The third-order valence-electron chi connectivity index (χ3n) is 6.82. The Hall–Kier alpha value is -0.340. The van der Waals surface area contributed by atoms with Gasteiger partial charge in [0.2, 0.25) is 0 Å². The van der Waals surface area contributed by atoms with Crippen molar-refractivity contribution in [1.82, 2.24) is 0 Å². The number of hydrogen-bond donors (Lipinski definition) is 0. The zero-order valence-corrected chi connectivity index (χ0v) is 19.5. The molecule has 27 heavy (non-hydrogen) atoms. The monoisotopic (exact) mass is 404 g/mol. The van der Waals surface area contributed by atoms with Gasteiger partial charge in [-0.05, 0) is 55.6 Å². The highest BCUT2D eigenvalue weighted by molar-refractivity contribution is 7.27. The van der Waals surface area contributed by atoms with Crippen LogP contribution in [0.4, 0.5) is 0 Å². The van der Waals surface area contributed by atoms with E-state index in [1.807, 2.05) is 0 Å². The Morgan fingerprint density at radius 3 is 2.26 bits per heavy atom. The third kappa shape index (κ3) is 6.07. The highest BCUT2D eigenvalue weighted by atomic mass is 32.1. The van der Waals surface area contributed by atoms with Crippen LogP contribution in [0.5, 0.6) is 0 Å². The number of rotatable bonds is 11. The van der Waals surface area contributed by atoms with Crippen LogP contribution >= 0.6 is 22.7 Å². The van der Waals surface area contributed by atoms with Crippen molar-refractivity contribution in [2.24, 2.45) is 11.8 Å². The maximum Gasteiger partial charge on any atom is 0.0456 e. The lowest BCUT2D eigenvalue weighted by atomic mass is 9.74. The molecule has 1 atom stereocenters. The zero-order valence-electron chi connectivity index (χ0n) is 17.9. The molecule has 1 fully saturated rings. The van der Waals surface area contributed by atoms with Gasteiger partial charge >= 0.3 is 0 Å². The van der Waals surface area contributed by atoms with Crippen LogP contribution in [0.15, 0.2) is 12.1 Å². The van der Waals surface area contributed by atoms with Gasteiger partial charge < -0.3 is 0 Å². The van der Waals surface area contributed by atoms with Gasteiger partial charge in [-0.15, -0.1) is 22.7 Å². The molecular weight excluding hydrogens is 364 g/mol. The minimum atomic E-state index is 0.763. The van der Waals surface area contributed by atoms with Crippen LogP contribution in [-0.4, -0.2) is 0 Å². The molecule has 1 aliphatic rings. The van der Waals surface area contributed by atoms with E-state index >= 15 is 0 Å². The van der Waals surface area contributed by atoms with Gasteiger partial charge in [0.05, 0.1) is 0 Å². The van der Waals surface area contributed by atoms with Crippen LogP contribution in [0.1, 0.15) is 113 Å². The summed E-state index contributed by atoms with van der Waals surface area (Å²) in [5.74, 6) is 2.72. The van der Waals surface area contributed by atoms with Gasteiger partial charge in [0.1, 0.15) is 0 Å². The van der Waals surface area contributed by atoms with E-state index in [4.69, 9.17) is 0 Å². The average molecular weight is 405 g/mol. The molecule has 2 heteroatoms. The second-order valence-electron chi connectivity index (χ2n) is 8.97. The molecule has 0 radical (unpaired) electrons. The van der Waals surface area contributed by atoms with Crippen molar-refractivity contribution in [1.29, 1.82) is 0 Å². The minimum Gasteiger partial charge on any atom is -0.139 e. The molecule has 1 aliphatic carbocycles. The highest BCUT2D eigenvalue weighted by Gasteiger charge is 2.27. The lowest BCUT2D eigenvalue weighted by Crippen LogP contribution is -2.18. The summed E-state index contributed by atoms with van der Waals surface area (Å²) in [5.41, 5.74) is 0. The molecule has 2 heterocycles. The molecule has 0 nitrogen and oxygen atoms in total. The Kier molecular flexibility index (Phi) is 8.71. The first kappa shape index (κ1) is 21.4. The van der Waals surface area contributed by atoms with Gasteiger partial charge in [0, 0.05) is 19.2 Å². The fourth-order valence-corrected chi connectivity index (χ4v) is 7.48. The van der Waals surface area contributed by atoms with Gasteiger partial charge in [0.25, 0.3) is 0 Å². The second kappa shape index (κ2) is 11.0. The van der Waals surface area contributed by atoms with Gasteiger partial charge in [-0.25, -0.2) is 0 Å². The van der Waals surface area contributed by atoms with E-state index in [1.54, 1.807) is 19.2 Å². The lowest BCUT2D eigenvalue weighted by Gasteiger charge is -2.32. The Labute approximate surface area is 175 Å². The highest BCUT2D eigenvalue weighted by Crippen LogP contribution is 2.44. The van der Waals surface area contributed by atoms with E-state index in [1.165, 1.54) is 83.5 Å². The first-order valence-corrected chi connectivity index (χ1v) is 13.4. The third-order valence-corrected chi connectivity index (χ3v) is 9.37. The predicted octanol–water partition coefficient (Wildman–Crippen LogP) is 9.58. The summed E-state index contributed by atoms with van der Waals surface area (Å²) in [7, 11) is 0. The molecule has 2 aromatic heterocycles. The molecule has 0 spiro atoms. The Bertz CT molecular complexity index is 625. The summed E-state index contributed by atoms with van der Waals surface area (Å²) in [6.07, 6.45) is 18.4. The quantitative estimate of drug-likeness (QED) is 0.327. The van der Waals surface area contributed by atoms with Crippen molar-refractivity contribution in [3.8, 4) is 0 Å². The van der Waals surface area contributed by atoms with Crippen molar-refractivity contribution in [2.45, 2.75) is 110 Å². The maximum atomic E-state index is 2.54. The van der Waals surface area contributed by atoms with Crippen LogP contribution in [0.2, 0.25) is 0 Å². The molecule has 0 aliphatic heterocycles. The Balaban J connectivity index is 1.49. The average Bonchev–Trinajstić information content (AvgIpc) is 3.25. The van der Waals surface area contributed by atoms with Gasteiger partial charge in [-0.3, -0.25) is 0 Å². The minimum absolute atomic E-state index is 0.763.